The van der Waals surface area contributed by atoms with E-state index in [0.717, 1.165) is 0 Å². The van der Waals surface area contributed by atoms with Gasteiger partial charge in [0.15, 0.2) is 0 Å². The Morgan fingerprint density at radius 3 is 2.57 bits per heavy atom. The van der Waals surface area contributed by atoms with Crippen molar-refractivity contribution in [3.63, 3.8) is 0 Å². The normalized spacial score (nSPS) is 15.7. The molecule has 2 aromatic rings. The largest absolute Gasteiger partial charge is 0.492 e. The second-order valence-corrected chi connectivity index (χ2v) is 10.1. The zero-order chi connectivity index (χ0) is 21.9. The van der Waals surface area contributed by atoms with Crippen LogP contribution < -0.4 is 10.1 Å². The Morgan fingerprint density at radius 2 is 1.97 bits per heavy atom. The van der Waals surface area contributed by atoms with Gasteiger partial charge in [-0.05, 0) is 56.2 Å². The van der Waals surface area contributed by atoms with Crippen molar-refractivity contribution >= 4 is 49.1 Å². The van der Waals surface area contributed by atoms with Gasteiger partial charge in [0, 0.05) is 23.5 Å². The fraction of sp³-hybridized carbons (Fsp3) is 0.350. The van der Waals surface area contributed by atoms with Gasteiger partial charge in [0.05, 0.1) is 22.2 Å². The number of nitrogens with zero attached hydrogens (tertiary/aromatic N) is 1. The molecule has 1 heterocycles. The van der Waals surface area contributed by atoms with Crippen molar-refractivity contribution in [1.82, 2.24) is 4.31 Å². The van der Waals surface area contributed by atoms with Gasteiger partial charge in [-0.3, -0.25) is 4.79 Å². The minimum absolute atomic E-state index is 0.0794. The summed E-state index contributed by atoms with van der Waals surface area (Å²) < 4.78 is 47.0. The highest BCUT2D eigenvalue weighted by Gasteiger charge is 2.32. The number of ether oxygens (including phenoxy) is 1. The van der Waals surface area contributed by atoms with Crippen LogP contribution in [0.4, 0.5) is 10.1 Å². The average molecular weight is 520 g/mol. The molecule has 10 heteroatoms. The van der Waals surface area contributed by atoms with Crippen LogP contribution in [0.3, 0.4) is 0 Å². The third-order valence-corrected chi connectivity index (χ3v) is 7.54. The number of nitrogens with one attached hydrogen (secondary N) is 1. The molecule has 1 N–H and O–H groups in total. The van der Waals surface area contributed by atoms with Gasteiger partial charge < -0.3 is 10.1 Å². The zero-order valence-corrected chi connectivity index (χ0v) is 19.4. The van der Waals surface area contributed by atoms with Crippen molar-refractivity contribution in [3.8, 4) is 5.75 Å². The summed E-state index contributed by atoms with van der Waals surface area (Å²) in [5.41, 5.74) is 0.0993. The molecule has 1 saturated heterocycles. The lowest BCUT2D eigenvalue weighted by molar-refractivity contribution is -0.120. The van der Waals surface area contributed by atoms with Crippen molar-refractivity contribution < 1.29 is 22.3 Å². The molecule has 0 bridgehead atoms. The van der Waals surface area contributed by atoms with Gasteiger partial charge in [0.1, 0.15) is 11.6 Å². The second kappa shape index (κ2) is 9.64. The minimum atomic E-state index is -3.74. The molecule has 0 spiro atoms. The summed E-state index contributed by atoms with van der Waals surface area (Å²) in [4.78, 5) is 12.6. The highest BCUT2D eigenvalue weighted by Crippen LogP contribution is 2.31. The Hall–Kier alpha value is -1.68. The molecule has 2 aromatic carbocycles. The first-order valence-electron chi connectivity index (χ1n) is 9.40. The second-order valence-electron chi connectivity index (χ2n) is 6.82. The molecular weight excluding hydrogens is 499 g/mol. The molecule has 162 valence electrons. The van der Waals surface area contributed by atoms with Crippen LogP contribution in [0.5, 0.6) is 5.75 Å². The molecule has 1 amide bonds. The lowest BCUT2D eigenvalue weighted by Crippen LogP contribution is -2.41. The molecule has 0 atom stereocenters. The van der Waals surface area contributed by atoms with E-state index < -0.39 is 21.8 Å². The first-order valence-corrected chi connectivity index (χ1v) is 12.0. The molecule has 0 aliphatic carbocycles. The summed E-state index contributed by atoms with van der Waals surface area (Å²) in [5, 5.41) is 2.81. The van der Waals surface area contributed by atoms with E-state index in [4.69, 9.17) is 16.3 Å². The minimum Gasteiger partial charge on any atom is -0.492 e. The van der Waals surface area contributed by atoms with Gasteiger partial charge in [-0.2, -0.15) is 4.31 Å². The van der Waals surface area contributed by atoms with E-state index in [9.17, 15) is 17.6 Å². The number of carbonyl (C=O) groups excluding carboxylic acids is 1. The van der Waals surface area contributed by atoms with E-state index in [1.807, 2.05) is 6.92 Å². The first kappa shape index (κ1) is 23.0. The first-order chi connectivity index (χ1) is 14.2. The van der Waals surface area contributed by atoms with Crippen LogP contribution in [0.2, 0.25) is 5.02 Å². The monoisotopic (exact) mass is 518 g/mol. The highest BCUT2D eigenvalue weighted by molar-refractivity contribution is 9.10. The predicted octanol–water partition coefficient (Wildman–Crippen LogP) is 4.68. The molecule has 0 unspecified atom stereocenters. The number of anilines is 1. The number of hydrogen-bond acceptors (Lipinski definition) is 4. The average Bonchev–Trinajstić information content (AvgIpc) is 2.71. The Bertz CT molecular complexity index is 1040. The highest BCUT2D eigenvalue weighted by atomic mass is 79.9. The number of hydrogen-bond donors (Lipinski definition) is 1. The molecule has 30 heavy (non-hydrogen) atoms. The Morgan fingerprint density at radius 1 is 1.27 bits per heavy atom. The number of sulfonamides is 1. The van der Waals surface area contributed by atoms with E-state index in [1.54, 1.807) is 6.07 Å². The summed E-state index contributed by atoms with van der Waals surface area (Å²) in [6, 6.07) is 8.75. The number of halogens is 3. The molecular formula is C20H21BrClFN2O4S. The lowest BCUT2D eigenvalue weighted by Gasteiger charge is -2.30. The van der Waals surface area contributed by atoms with Crippen molar-refractivity contribution in [2.24, 2.45) is 5.92 Å². The zero-order valence-electron chi connectivity index (χ0n) is 16.2. The fourth-order valence-electron chi connectivity index (χ4n) is 3.25. The van der Waals surface area contributed by atoms with Crippen LogP contribution in [0, 0.1) is 11.7 Å². The number of benzene rings is 2. The van der Waals surface area contributed by atoms with Crippen LogP contribution in [0.1, 0.15) is 19.8 Å². The van der Waals surface area contributed by atoms with Crippen LogP contribution in [0.15, 0.2) is 45.8 Å². The standard InChI is InChI=1S/C20H21BrClFN2O4S/c1-2-29-19-6-4-15(12-16(19)22)30(27,28)25-9-7-13(8-10-25)20(26)24-18-5-3-14(21)11-17(18)23/h3-6,11-13H,2,7-10H2,1H3,(H,24,26). The predicted molar refractivity (Wildman–Crippen MR) is 117 cm³/mol. The van der Waals surface area contributed by atoms with Gasteiger partial charge in [-0.1, -0.05) is 27.5 Å². The van der Waals surface area contributed by atoms with Gasteiger partial charge in [0.25, 0.3) is 0 Å². The molecule has 6 nitrogen and oxygen atoms in total. The molecule has 3 rings (SSSR count). The van der Waals surface area contributed by atoms with Gasteiger partial charge in [0.2, 0.25) is 15.9 Å². The summed E-state index contributed by atoms with van der Waals surface area (Å²) in [7, 11) is -3.74. The Labute approximate surface area is 188 Å². The Kier molecular flexibility index (Phi) is 7.38. The van der Waals surface area contributed by atoms with Crippen molar-refractivity contribution in [1.29, 1.82) is 0 Å². The van der Waals surface area contributed by atoms with Gasteiger partial charge in [-0.25, -0.2) is 12.8 Å². The quantitative estimate of drug-likeness (QED) is 0.601. The van der Waals surface area contributed by atoms with Crippen LogP contribution in [0.25, 0.3) is 0 Å². The van der Waals surface area contributed by atoms with Crippen molar-refractivity contribution in [3.05, 3.63) is 51.7 Å². The summed E-state index contributed by atoms with van der Waals surface area (Å²) in [6.45, 7) is 2.61. The van der Waals surface area contributed by atoms with Crippen LogP contribution in [-0.2, 0) is 14.8 Å². The maximum Gasteiger partial charge on any atom is 0.243 e. The van der Waals surface area contributed by atoms with Gasteiger partial charge in [-0.15, -0.1) is 0 Å². The third kappa shape index (κ3) is 5.14. The molecule has 0 aromatic heterocycles. The molecule has 0 saturated carbocycles. The molecule has 1 aliphatic rings. The van der Waals surface area contributed by atoms with E-state index in [0.29, 0.717) is 29.7 Å². The Balaban J connectivity index is 1.64. The number of amides is 1. The SMILES string of the molecule is CCOc1ccc(S(=O)(=O)N2CCC(C(=O)Nc3ccc(Br)cc3F)CC2)cc1Cl. The van der Waals surface area contributed by atoms with Crippen molar-refractivity contribution in [2.45, 2.75) is 24.7 Å². The molecule has 1 fully saturated rings. The third-order valence-electron chi connectivity index (χ3n) is 4.85. The van der Waals surface area contributed by atoms with Gasteiger partial charge >= 0.3 is 0 Å². The van der Waals surface area contributed by atoms with E-state index in [2.05, 4.69) is 21.2 Å². The summed E-state index contributed by atoms with van der Waals surface area (Å²) >= 11 is 9.29. The number of carbonyl (C=O) groups is 1. The smallest absolute Gasteiger partial charge is 0.243 e. The fourth-order valence-corrected chi connectivity index (χ4v) is 5.38. The maximum atomic E-state index is 13.9. The van der Waals surface area contributed by atoms with E-state index in [1.165, 1.54) is 34.6 Å². The van der Waals surface area contributed by atoms with Crippen LogP contribution >= 0.6 is 27.5 Å². The van der Waals surface area contributed by atoms with E-state index >= 15 is 0 Å². The number of rotatable bonds is 6. The summed E-state index contributed by atoms with van der Waals surface area (Å²) in [6.07, 6.45) is 0.682. The lowest BCUT2D eigenvalue weighted by atomic mass is 9.97. The van der Waals surface area contributed by atoms with Crippen LogP contribution in [-0.4, -0.2) is 38.3 Å². The molecule has 1 aliphatic heterocycles. The number of piperidine rings is 1. The molecule has 0 radical (unpaired) electrons. The topological polar surface area (TPSA) is 75.7 Å². The van der Waals surface area contributed by atoms with E-state index in [-0.39, 0.29) is 34.6 Å². The maximum absolute atomic E-state index is 13.9. The summed E-state index contributed by atoms with van der Waals surface area (Å²) in [5.74, 6) is -0.834. The van der Waals surface area contributed by atoms with Crippen molar-refractivity contribution in [2.75, 3.05) is 25.0 Å².